The first-order valence-electron chi connectivity index (χ1n) is 7.58. The molecule has 1 aromatic heterocycles. The van der Waals surface area contributed by atoms with Crippen molar-refractivity contribution in [1.29, 1.82) is 0 Å². The van der Waals surface area contributed by atoms with E-state index in [2.05, 4.69) is 4.98 Å². The van der Waals surface area contributed by atoms with Crippen LogP contribution >= 0.6 is 22.9 Å². The predicted molar refractivity (Wildman–Crippen MR) is 104 cm³/mol. The van der Waals surface area contributed by atoms with Gasteiger partial charge in [0.1, 0.15) is 0 Å². The number of amides is 1. The minimum absolute atomic E-state index is 0.0357. The lowest BCUT2D eigenvalue weighted by molar-refractivity contribution is 0.0999. The van der Waals surface area contributed by atoms with Gasteiger partial charge in [0, 0.05) is 11.6 Å². The molecule has 3 rings (SSSR count). The van der Waals surface area contributed by atoms with Crippen molar-refractivity contribution >= 4 is 49.5 Å². The van der Waals surface area contributed by atoms with Crippen LogP contribution in [0.2, 0.25) is 5.02 Å². The van der Waals surface area contributed by atoms with E-state index in [1.54, 1.807) is 12.1 Å². The van der Waals surface area contributed by atoms with Crippen LogP contribution < -0.4 is 4.90 Å². The number of hydrogen-bond donors (Lipinski definition) is 0. The Kier molecular flexibility index (Phi) is 5.13. The van der Waals surface area contributed by atoms with E-state index in [9.17, 15) is 13.2 Å². The molecule has 1 amide bonds. The van der Waals surface area contributed by atoms with Crippen LogP contribution in [0.25, 0.3) is 0 Å². The van der Waals surface area contributed by atoms with Gasteiger partial charge in [-0.3, -0.25) is 9.69 Å². The van der Waals surface area contributed by atoms with E-state index in [0.717, 1.165) is 11.9 Å². The highest BCUT2D eigenvalue weighted by molar-refractivity contribution is 7.90. The number of aromatic nitrogens is 1. The average molecular weight is 407 g/mol. The van der Waals surface area contributed by atoms with Gasteiger partial charge in [0.15, 0.2) is 15.0 Å². The summed E-state index contributed by atoms with van der Waals surface area (Å²) in [6.07, 6.45) is 1.09. The molecule has 0 aliphatic heterocycles. The molecule has 0 saturated carbocycles. The molecule has 1 heterocycles. The molecule has 2 aromatic carbocycles. The van der Waals surface area contributed by atoms with Gasteiger partial charge in [-0.1, -0.05) is 29.8 Å². The summed E-state index contributed by atoms with van der Waals surface area (Å²) in [5, 5.41) is 2.50. The fourth-order valence-corrected chi connectivity index (χ4v) is 4.02. The Hall–Kier alpha value is -2.22. The van der Waals surface area contributed by atoms with Crippen LogP contribution in [0.4, 0.5) is 10.8 Å². The minimum Gasteiger partial charge on any atom is -0.268 e. The first-order chi connectivity index (χ1) is 12.3. The Morgan fingerprint density at radius 1 is 1.15 bits per heavy atom. The second kappa shape index (κ2) is 7.19. The monoisotopic (exact) mass is 406 g/mol. The molecule has 0 spiro atoms. The zero-order valence-corrected chi connectivity index (χ0v) is 16.4. The lowest BCUT2D eigenvalue weighted by Crippen LogP contribution is -2.26. The van der Waals surface area contributed by atoms with Gasteiger partial charge in [0.25, 0.3) is 5.91 Å². The third-order valence-corrected chi connectivity index (χ3v) is 6.00. The minimum atomic E-state index is -3.47. The number of aryl methyl sites for hydroxylation is 1. The molecule has 0 fully saturated rings. The van der Waals surface area contributed by atoms with Crippen LogP contribution in [-0.4, -0.2) is 25.6 Å². The topological polar surface area (TPSA) is 67.3 Å². The second-order valence-corrected chi connectivity index (χ2v) is 8.92. The molecule has 8 heteroatoms. The molecule has 26 heavy (non-hydrogen) atoms. The molecular weight excluding hydrogens is 392 g/mol. The van der Waals surface area contributed by atoms with Crippen molar-refractivity contribution in [3.8, 4) is 0 Å². The summed E-state index contributed by atoms with van der Waals surface area (Å²) >= 11 is 7.53. The molecule has 5 nitrogen and oxygen atoms in total. The maximum absolute atomic E-state index is 13.3. The number of anilines is 2. The highest BCUT2D eigenvalue weighted by Gasteiger charge is 2.25. The van der Waals surface area contributed by atoms with Crippen molar-refractivity contribution in [2.24, 2.45) is 0 Å². The van der Waals surface area contributed by atoms with Gasteiger partial charge in [-0.15, -0.1) is 11.3 Å². The number of benzene rings is 2. The van der Waals surface area contributed by atoms with E-state index in [4.69, 9.17) is 11.6 Å². The summed E-state index contributed by atoms with van der Waals surface area (Å²) < 4.78 is 23.7. The first-order valence-corrected chi connectivity index (χ1v) is 10.7. The van der Waals surface area contributed by atoms with Gasteiger partial charge in [0.05, 0.1) is 26.9 Å². The van der Waals surface area contributed by atoms with Crippen LogP contribution in [0.3, 0.4) is 0 Å². The fourth-order valence-electron chi connectivity index (χ4n) is 2.36. The molecule has 0 saturated heterocycles. The SMILES string of the molecule is Cc1csc(N(C(=O)c2cc(S(C)(=O)=O)ccc2Cl)c2ccccc2)n1. The summed E-state index contributed by atoms with van der Waals surface area (Å²) in [4.78, 5) is 19.1. The summed E-state index contributed by atoms with van der Waals surface area (Å²) in [6, 6.07) is 13.1. The van der Waals surface area contributed by atoms with Gasteiger partial charge in [0.2, 0.25) is 0 Å². The molecular formula is C18H15ClN2O3S2. The smallest absolute Gasteiger partial charge is 0.266 e. The molecule has 3 aromatic rings. The maximum Gasteiger partial charge on any atom is 0.266 e. The largest absolute Gasteiger partial charge is 0.268 e. The molecule has 0 unspecified atom stereocenters. The van der Waals surface area contributed by atoms with E-state index in [-0.39, 0.29) is 15.5 Å². The molecule has 0 bridgehead atoms. The van der Waals surface area contributed by atoms with Gasteiger partial charge < -0.3 is 0 Å². The Bertz CT molecular complexity index is 1060. The Morgan fingerprint density at radius 2 is 1.85 bits per heavy atom. The van der Waals surface area contributed by atoms with Gasteiger partial charge in [-0.05, 0) is 37.3 Å². The number of para-hydroxylation sites is 1. The number of nitrogens with zero attached hydrogens (tertiary/aromatic N) is 2. The lowest BCUT2D eigenvalue weighted by Gasteiger charge is -2.21. The van der Waals surface area contributed by atoms with E-state index >= 15 is 0 Å². The number of hydrogen-bond acceptors (Lipinski definition) is 5. The van der Waals surface area contributed by atoms with Crippen LogP contribution in [0.1, 0.15) is 16.1 Å². The third-order valence-electron chi connectivity index (χ3n) is 3.61. The normalized spacial score (nSPS) is 11.3. The average Bonchev–Trinajstić information content (AvgIpc) is 3.01. The molecule has 134 valence electrons. The molecule has 0 radical (unpaired) electrons. The van der Waals surface area contributed by atoms with Crippen molar-refractivity contribution < 1.29 is 13.2 Å². The molecule has 0 atom stereocenters. The fraction of sp³-hybridized carbons (Fsp3) is 0.111. The maximum atomic E-state index is 13.3. The standard InChI is InChI=1S/C18H15ClN2O3S2/c1-12-11-25-18(20-12)21(13-6-4-3-5-7-13)17(22)15-10-14(26(2,23)24)8-9-16(15)19/h3-11H,1-2H3. The zero-order valence-electron chi connectivity index (χ0n) is 14.0. The Labute approximate surface area is 160 Å². The summed E-state index contributed by atoms with van der Waals surface area (Å²) in [5.41, 5.74) is 1.51. The Morgan fingerprint density at radius 3 is 2.42 bits per heavy atom. The van der Waals surface area contributed by atoms with Crippen molar-refractivity contribution in [3.63, 3.8) is 0 Å². The van der Waals surface area contributed by atoms with Crippen molar-refractivity contribution in [3.05, 3.63) is 70.2 Å². The first kappa shape index (κ1) is 18.6. The van der Waals surface area contributed by atoms with Crippen molar-refractivity contribution in [1.82, 2.24) is 4.98 Å². The van der Waals surface area contributed by atoms with Crippen LogP contribution in [-0.2, 0) is 9.84 Å². The van der Waals surface area contributed by atoms with E-state index in [0.29, 0.717) is 10.8 Å². The number of rotatable bonds is 4. The number of sulfone groups is 1. The summed E-state index contributed by atoms with van der Waals surface area (Å²) in [5.74, 6) is -0.443. The highest BCUT2D eigenvalue weighted by atomic mass is 35.5. The quantitative estimate of drug-likeness (QED) is 0.640. The van der Waals surface area contributed by atoms with Gasteiger partial charge in [-0.2, -0.15) is 0 Å². The highest BCUT2D eigenvalue weighted by Crippen LogP contribution is 2.32. The number of carbonyl (C=O) groups excluding carboxylic acids is 1. The van der Waals surface area contributed by atoms with Gasteiger partial charge in [-0.25, -0.2) is 13.4 Å². The second-order valence-electron chi connectivity index (χ2n) is 5.66. The number of carbonyl (C=O) groups is 1. The number of thiazole rings is 1. The van der Waals surface area contributed by atoms with E-state index in [1.807, 2.05) is 30.5 Å². The number of halogens is 1. The summed E-state index contributed by atoms with van der Waals surface area (Å²) in [6.45, 7) is 1.84. The predicted octanol–water partition coefficient (Wildman–Crippen LogP) is 4.49. The van der Waals surface area contributed by atoms with Crippen LogP contribution in [0, 0.1) is 6.92 Å². The zero-order chi connectivity index (χ0) is 18.9. The molecule has 0 N–H and O–H groups in total. The summed E-state index contributed by atoms with van der Waals surface area (Å²) in [7, 11) is -3.47. The molecule has 0 aliphatic rings. The van der Waals surface area contributed by atoms with Crippen molar-refractivity contribution in [2.75, 3.05) is 11.2 Å². The van der Waals surface area contributed by atoms with E-state index in [1.165, 1.54) is 34.4 Å². The molecule has 0 aliphatic carbocycles. The van der Waals surface area contributed by atoms with Crippen LogP contribution in [0.15, 0.2) is 58.8 Å². The van der Waals surface area contributed by atoms with Crippen LogP contribution in [0.5, 0.6) is 0 Å². The van der Waals surface area contributed by atoms with E-state index < -0.39 is 15.7 Å². The Balaban J connectivity index is 2.15. The van der Waals surface area contributed by atoms with Gasteiger partial charge >= 0.3 is 0 Å². The van der Waals surface area contributed by atoms with Crippen molar-refractivity contribution in [2.45, 2.75) is 11.8 Å². The lowest BCUT2D eigenvalue weighted by atomic mass is 10.2. The third kappa shape index (κ3) is 3.80.